The van der Waals surface area contributed by atoms with Gasteiger partial charge in [0.05, 0.1) is 10.8 Å². The second-order valence-electron chi connectivity index (χ2n) is 6.75. The van der Waals surface area contributed by atoms with Crippen molar-refractivity contribution in [3.8, 4) is 0 Å². The van der Waals surface area contributed by atoms with Crippen LogP contribution in [0, 0.1) is 18.8 Å². The molecule has 2 atom stereocenters. The molecule has 8 heteroatoms. The van der Waals surface area contributed by atoms with Crippen LogP contribution < -0.4 is 5.73 Å². The van der Waals surface area contributed by atoms with Gasteiger partial charge in [-0.15, -0.1) is 0 Å². The van der Waals surface area contributed by atoms with Gasteiger partial charge in [-0.25, -0.2) is 8.42 Å². The summed E-state index contributed by atoms with van der Waals surface area (Å²) in [7, 11) is -3.75. The Morgan fingerprint density at radius 3 is 2.64 bits per heavy atom. The van der Waals surface area contributed by atoms with E-state index in [0.717, 1.165) is 6.42 Å². The lowest BCUT2D eigenvalue weighted by Gasteiger charge is -2.32. The van der Waals surface area contributed by atoms with Crippen LogP contribution in [0.3, 0.4) is 0 Å². The Kier molecular flexibility index (Phi) is 5.84. The van der Waals surface area contributed by atoms with E-state index in [2.05, 4.69) is 0 Å². The quantitative estimate of drug-likeness (QED) is 0.791. The molecule has 2 rings (SSSR count). The molecule has 0 radical (unpaired) electrons. The maximum absolute atomic E-state index is 12.9. The highest BCUT2D eigenvalue weighted by Crippen LogP contribution is 2.28. The SMILES string of the molecule is Cc1cc(C(N)=O)cc(S(=O)(=O)N2CCCC(CC(C)C(=O)O)C2)c1. The van der Waals surface area contributed by atoms with Crippen LogP contribution in [0.1, 0.15) is 42.1 Å². The number of carbonyl (C=O) groups is 2. The first-order valence-electron chi connectivity index (χ1n) is 8.25. The second kappa shape index (κ2) is 7.53. The molecular weight excluding hydrogens is 344 g/mol. The maximum atomic E-state index is 12.9. The van der Waals surface area contributed by atoms with Gasteiger partial charge in [-0.1, -0.05) is 6.92 Å². The number of primary amides is 1. The van der Waals surface area contributed by atoms with Gasteiger partial charge in [0.15, 0.2) is 0 Å². The number of aryl methyl sites for hydroxylation is 1. The second-order valence-corrected chi connectivity index (χ2v) is 8.68. The summed E-state index contributed by atoms with van der Waals surface area (Å²) in [5.41, 5.74) is 6.08. The highest BCUT2D eigenvalue weighted by atomic mass is 32.2. The fourth-order valence-electron chi connectivity index (χ4n) is 3.23. The molecule has 1 aromatic carbocycles. The van der Waals surface area contributed by atoms with Gasteiger partial charge in [-0.05, 0) is 55.9 Å². The first-order chi connectivity index (χ1) is 11.6. The fraction of sp³-hybridized carbons (Fsp3) is 0.529. The van der Waals surface area contributed by atoms with E-state index in [0.29, 0.717) is 31.5 Å². The number of benzene rings is 1. The zero-order valence-corrected chi connectivity index (χ0v) is 15.3. The molecule has 1 heterocycles. The van der Waals surface area contributed by atoms with Crippen LogP contribution >= 0.6 is 0 Å². The Bertz CT molecular complexity index is 775. The first-order valence-corrected chi connectivity index (χ1v) is 9.69. The third-order valence-corrected chi connectivity index (χ3v) is 6.41. The van der Waals surface area contributed by atoms with E-state index >= 15 is 0 Å². The minimum absolute atomic E-state index is 0.00930. The van der Waals surface area contributed by atoms with Crippen LogP contribution in [0.4, 0.5) is 0 Å². The van der Waals surface area contributed by atoms with Crippen LogP contribution in [-0.4, -0.2) is 42.8 Å². The van der Waals surface area contributed by atoms with Gasteiger partial charge in [0.25, 0.3) is 0 Å². The highest BCUT2D eigenvalue weighted by Gasteiger charge is 2.32. The lowest BCUT2D eigenvalue weighted by atomic mass is 9.90. The zero-order chi connectivity index (χ0) is 18.8. The Morgan fingerprint density at radius 2 is 2.04 bits per heavy atom. The van der Waals surface area contributed by atoms with Gasteiger partial charge in [-0.3, -0.25) is 9.59 Å². The molecule has 1 amide bonds. The molecule has 138 valence electrons. The molecule has 1 saturated heterocycles. The summed E-state index contributed by atoms with van der Waals surface area (Å²) >= 11 is 0. The smallest absolute Gasteiger partial charge is 0.306 e. The van der Waals surface area contributed by atoms with Gasteiger partial charge in [-0.2, -0.15) is 4.31 Å². The van der Waals surface area contributed by atoms with Crippen molar-refractivity contribution in [3.63, 3.8) is 0 Å². The number of aliphatic carboxylic acids is 1. The standard InChI is InChI=1S/C17H24N2O5S/c1-11-6-14(16(18)20)9-15(7-11)25(23,24)19-5-3-4-13(10-19)8-12(2)17(21)22/h6-7,9,12-13H,3-5,8,10H2,1-2H3,(H2,18,20)(H,21,22). The average molecular weight is 368 g/mol. The third-order valence-electron chi connectivity index (χ3n) is 4.56. The summed E-state index contributed by atoms with van der Waals surface area (Å²) in [4.78, 5) is 22.5. The van der Waals surface area contributed by atoms with Crippen molar-refractivity contribution < 1.29 is 23.1 Å². The lowest BCUT2D eigenvalue weighted by Crippen LogP contribution is -2.40. The molecule has 3 N–H and O–H groups in total. The predicted molar refractivity (Wildman–Crippen MR) is 92.6 cm³/mol. The number of hydrogen-bond acceptors (Lipinski definition) is 4. The van der Waals surface area contributed by atoms with Crippen molar-refractivity contribution in [2.75, 3.05) is 13.1 Å². The van der Waals surface area contributed by atoms with Crippen LogP contribution in [0.15, 0.2) is 23.1 Å². The van der Waals surface area contributed by atoms with E-state index < -0.39 is 27.8 Å². The van der Waals surface area contributed by atoms with Gasteiger partial charge in [0.2, 0.25) is 15.9 Å². The van der Waals surface area contributed by atoms with Gasteiger partial charge >= 0.3 is 5.97 Å². The van der Waals surface area contributed by atoms with E-state index in [4.69, 9.17) is 10.8 Å². The molecule has 1 fully saturated rings. The number of carboxylic acid groups (broad SMARTS) is 1. The topological polar surface area (TPSA) is 118 Å². The molecule has 0 aliphatic carbocycles. The molecular formula is C17H24N2O5S. The average Bonchev–Trinajstić information content (AvgIpc) is 2.54. The summed E-state index contributed by atoms with van der Waals surface area (Å²) in [6, 6.07) is 4.37. The Morgan fingerprint density at radius 1 is 1.36 bits per heavy atom. The van der Waals surface area contributed by atoms with Crippen LogP contribution in [-0.2, 0) is 14.8 Å². The van der Waals surface area contributed by atoms with Crippen molar-refractivity contribution in [3.05, 3.63) is 29.3 Å². The number of nitrogens with zero attached hydrogens (tertiary/aromatic N) is 1. The zero-order valence-electron chi connectivity index (χ0n) is 14.4. The van der Waals surface area contributed by atoms with E-state index in [1.807, 2.05) is 0 Å². The van der Waals surface area contributed by atoms with E-state index in [1.165, 1.54) is 16.4 Å². The molecule has 0 aromatic heterocycles. The Hall–Kier alpha value is -1.93. The minimum atomic E-state index is -3.75. The number of rotatable bonds is 6. The lowest BCUT2D eigenvalue weighted by molar-refractivity contribution is -0.141. The number of piperidine rings is 1. The summed E-state index contributed by atoms with van der Waals surface area (Å²) in [5, 5.41) is 9.05. The monoisotopic (exact) mass is 368 g/mol. The summed E-state index contributed by atoms with van der Waals surface area (Å²) in [6.45, 7) is 4.02. The number of hydrogen-bond donors (Lipinski definition) is 2. The van der Waals surface area contributed by atoms with E-state index in [1.54, 1.807) is 19.9 Å². The number of amides is 1. The van der Waals surface area contributed by atoms with Gasteiger partial charge in [0, 0.05) is 18.7 Å². The molecule has 7 nitrogen and oxygen atoms in total. The molecule has 0 spiro atoms. The van der Waals surface area contributed by atoms with Crippen molar-refractivity contribution in [1.29, 1.82) is 0 Å². The van der Waals surface area contributed by atoms with E-state index in [-0.39, 0.29) is 16.4 Å². The molecule has 1 aliphatic heterocycles. The van der Waals surface area contributed by atoms with Gasteiger partial charge < -0.3 is 10.8 Å². The van der Waals surface area contributed by atoms with Crippen LogP contribution in [0.5, 0.6) is 0 Å². The third kappa shape index (κ3) is 4.58. The summed E-state index contributed by atoms with van der Waals surface area (Å²) in [5.74, 6) is -2.04. The molecule has 1 aliphatic rings. The number of nitrogens with two attached hydrogens (primary N) is 1. The Labute approximate surface area is 147 Å². The highest BCUT2D eigenvalue weighted by molar-refractivity contribution is 7.89. The molecule has 25 heavy (non-hydrogen) atoms. The number of carbonyl (C=O) groups excluding carboxylic acids is 1. The fourth-order valence-corrected chi connectivity index (χ4v) is 4.91. The predicted octanol–water partition coefficient (Wildman–Crippen LogP) is 1.61. The van der Waals surface area contributed by atoms with E-state index in [9.17, 15) is 18.0 Å². The van der Waals surface area contributed by atoms with Crippen molar-refractivity contribution in [2.45, 2.75) is 38.0 Å². The number of sulfonamides is 1. The first kappa shape index (κ1) is 19.4. The van der Waals surface area contributed by atoms with Gasteiger partial charge in [0.1, 0.15) is 0 Å². The van der Waals surface area contributed by atoms with Crippen molar-refractivity contribution >= 4 is 21.9 Å². The minimum Gasteiger partial charge on any atom is -0.481 e. The molecule has 1 aromatic rings. The van der Waals surface area contributed by atoms with Crippen LogP contribution in [0.2, 0.25) is 0 Å². The summed E-state index contributed by atoms with van der Waals surface area (Å²) < 4.78 is 27.3. The molecule has 0 saturated carbocycles. The van der Waals surface area contributed by atoms with Crippen LogP contribution in [0.25, 0.3) is 0 Å². The Balaban J connectivity index is 2.24. The largest absolute Gasteiger partial charge is 0.481 e. The number of carboxylic acids is 1. The molecule has 0 bridgehead atoms. The summed E-state index contributed by atoms with van der Waals surface area (Å²) in [6.07, 6.45) is 1.94. The normalized spacial score (nSPS) is 20.2. The maximum Gasteiger partial charge on any atom is 0.306 e. The van der Waals surface area contributed by atoms with Crippen molar-refractivity contribution in [1.82, 2.24) is 4.31 Å². The van der Waals surface area contributed by atoms with Crippen molar-refractivity contribution in [2.24, 2.45) is 17.6 Å². The molecule has 2 unspecified atom stereocenters.